The molecule has 1 saturated heterocycles. The first-order valence-electron chi connectivity index (χ1n) is 7.39. The van der Waals surface area contributed by atoms with Crippen LogP contribution >= 0.6 is 0 Å². The van der Waals surface area contributed by atoms with E-state index in [9.17, 15) is 9.18 Å². The molecule has 0 unspecified atom stereocenters. The zero-order chi connectivity index (χ0) is 16.2. The molecule has 0 spiro atoms. The molecule has 6 nitrogen and oxygen atoms in total. The van der Waals surface area contributed by atoms with Crippen LogP contribution in [0.2, 0.25) is 0 Å². The molecule has 0 radical (unpaired) electrons. The molecule has 1 N–H and O–H groups in total. The van der Waals surface area contributed by atoms with Gasteiger partial charge in [-0.1, -0.05) is 12.1 Å². The number of halogens is 1. The molecule has 2 heterocycles. The van der Waals surface area contributed by atoms with Gasteiger partial charge in [0, 0.05) is 31.7 Å². The number of carboxylic acid groups (broad SMARTS) is 1. The van der Waals surface area contributed by atoms with Crippen molar-refractivity contribution >= 4 is 11.8 Å². The Kier molecular flexibility index (Phi) is 4.47. The van der Waals surface area contributed by atoms with Crippen molar-refractivity contribution in [1.82, 2.24) is 15.1 Å². The molecule has 1 fully saturated rings. The maximum absolute atomic E-state index is 13.0. The Morgan fingerprint density at radius 2 is 1.83 bits per heavy atom. The monoisotopic (exact) mass is 316 g/mol. The molecule has 7 heteroatoms. The number of aliphatic carboxylic acids is 1. The molecule has 2 aromatic rings. The Bertz CT molecular complexity index is 685. The molecule has 1 aromatic carbocycles. The van der Waals surface area contributed by atoms with Crippen LogP contribution in [0.1, 0.15) is 0 Å². The molecule has 0 bridgehead atoms. The second kappa shape index (κ2) is 6.70. The minimum atomic E-state index is -0.809. The number of hydrogen-bond acceptors (Lipinski definition) is 5. The van der Waals surface area contributed by atoms with Gasteiger partial charge in [-0.15, -0.1) is 5.10 Å². The Hall–Kier alpha value is -2.54. The summed E-state index contributed by atoms with van der Waals surface area (Å²) >= 11 is 0. The average molecular weight is 316 g/mol. The fourth-order valence-electron chi connectivity index (χ4n) is 2.64. The van der Waals surface area contributed by atoms with Crippen molar-refractivity contribution in [1.29, 1.82) is 0 Å². The number of anilines is 1. The maximum Gasteiger partial charge on any atom is 0.317 e. The van der Waals surface area contributed by atoms with Crippen LogP contribution in [0.4, 0.5) is 10.2 Å². The third-order valence-electron chi connectivity index (χ3n) is 3.87. The first kappa shape index (κ1) is 15.4. The number of rotatable bonds is 4. The lowest BCUT2D eigenvalue weighted by Crippen LogP contribution is -2.48. The molecule has 1 aliphatic heterocycles. The Morgan fingerprint density at radius 1 is 1.13 bits per heavy atom. The zero-order valence-electron chi connectivity index (χ0n) is 12.5. The number of benzene rings is 1. The summed E-state index contributed by atoms with van der Waals surface area (Å²) in [4.78, 5) is 14.7. The van der Waals surface area contributed by atoms with Crippen molar-refractivity contribution in [3.05, 3.63) is 42.3 Å². The van der Waals surface area contributed by atoms with E-state index in [1.807, 2.05) is 11.0 Å². The molecule has 23 heavy (non-hydrogen) atoms. The highest BCUT2D eigenvalue weighted by Gasteiger charge is 2.20. The third kappa shape index (κ3) is 3.81. The average Bonchev–Trinajstić information content (AvgIpc) is 2.56. The van der Waals surface area contributed by atoms with E-state index in [4.69, 9.17) is 5.11 Å². The predicted octanol–water partition coefficient (Wildman–Crippen LogP) is 1.49. The van der Waals surface area contributed by atoms with Crippen LogP contribution in [0, 0.1) is 5.82 Å². The van der Waals surface area contributed by atoms with Crippen LogP contribution in [-0.2, 0) is 4.79 Å². The van der Waals surface area contributed by atoms with Crippen molar-refractivity contribution in [2.45, 2.75) is 0 Å². The van der Waals surface area contributed by atoms with E-state index < -0.39 is 5.97 Å². The molecular weight excluding hydrogens is 299 g/mol. The van der Waals surface area contributed by atoms with Crippen molar-refractivity contribution in [2.75, 3.05) is 37.6 Å². The number of piperazine rings is 1. The molecule has 0 saturated carbocycles. The lowest BCUT2D eigenvalue weighted by Gasteiger charge is -2.34. The van der Waals surface area contributed by atoms with Crippen molar-refractivity contribution in [2.24, 2.45) is 0 Å². The molecule has 3 rings (SSSR count). The van der Waals surface area contributed by atoms with Gasteiger partial charge in [0.05, 0.1) is 12.7 Å². The number of carboxylic acids is 1. The van der Waals surface area contributed by atoms with E-state index in [1.165, 1.54) is 12.1 Å². The van der Waals surface area contributed by atoms with Crippen molar-refractivity contribution in [3.63, 3.8) is 0 Å². The lowest BCUT2D eigenvalue weighted by atomic mass is 10.1. The number of nitrogens with zero attached hydrogens (tertiary/aromatic N) is 4. The summed E-state index contributed by atoms with van der Waals surface area (Å²) in [5, 5.41) is 17.0. The standard InChI is InChI=1S/C16H17FN4O2/c17-14-3-1-12(2-4-14)13-9-15(19-18-10-13)21-7-5-20(6-8-21)11-16(22)23/h1-4,9-10H,5-8,11H2,(H,22,23). The van der Waals surface area contributed by atoms with Gasteiger partial charge in [0.15, 0.2) is 5.82 Å². The third-order valence-corrected chi connectivity index (χ3v) is 3.87. The van der Waals surface area contributed by atoms with Gasteiger partial charge < -0.3 is 10.0 Å². The lowest BCUT2D eigenvalue weighted by molar-refractivity contribution is -0.138. The van der Waals surface area contributed by atoms with E-state index in [-0.39, 0.29) is 12.4 Å². The summed E-state index contributed by atoms with van der Waals surface area (Å²) in [6, 6.07) is 8.18. The van der Waals surface area contributed by atoms with E-state index >= 15 is 0 Å². The van der Waals surface area contributed by atoms with E-state index in [1.54, 1.807) is 18.3 Å². The van der Waals surface area contributed by atoms with Crippen molar-refractivity contribution in [3.8, 4) is 11.1 Å². The van der Waals surface area contributed by atoms with E-state index in [0.717, 1.165) is 16.9 Å². The van der Waals surface area contributed by atoms with E-state index in [2.05, 4.69) is 15.1 Å². The van der Waals surface area contributed by atoms with Crippen LogP contribution in [-0.4, -0.2) is 58.9 Å². The van der Waals surface area contributed by atoms with Gasteiger partial charge >= 0.3 is 5.97 Å². The second-order valence-electron chi connectivity index (χ2n) is 5.47. The normalized spacial score (nSPS) is 15.6. The van der Waals surface area contributed by atoms with Gasteiger partial charge in [0.1, 0.15) is 5.82 Å². The van der Waals surface area contributed by atoms with Crippen LogP contribution in [0.25, 0.3) is 11.1 Å². The van der Waals surface area contributed by atoms with Gasteiger partial charge in [-0.2, -0.15) is 5.10 Å². The summed E-state index contributed by atoms with van der Waals surface area (Å²) in [7, 11) is 0. The first-order chi connectivity index (χ1) is 11.1. The summed E-state index contributed by atoms with van der Waals surface area (Å²) < 4.78 is 13.0. The van der Waals surface area contributed by atoms with Gasteiger partial charge in [-0.25, -0.2) is 4.39 Å². The highest BCUT2D eigenvalue weighted by Crippen LogP contribution is 2.22. The fourth-order valence-corrected chi connectivity index (χ4v) is 2.64. The summed E-state index contributed by atoms with van der Waals surface area (Å²) in [6.07, 6.45) is 1.65. The molecule has 0 amide bonds. The fraction of sp³-hybridized carbons (Fsp3) is 0.312. The summed E-state index contributed by atoms with van der Waals surface area (Å²) in [6.45, 7) is 2.82. The SMILES string of the molecule is O=C(O)CN1CCN(c2cc(-c3ccc(F)cc3)cnn2)CC1. The minimum absolute atomic E-state index is 0.0646. The highest BCUT2D eigenvalue weighted by atomic mass is 19.1. The molecule has 1 aromatic heterocycles. The van der Waals surface area contributed by atoms with Crippen molar-refractivity contribution < 1.29 is 14.3 Å². The zero-order valence-corrected chi connectivity index (χ0v) is 12.5. The Morgan fingerprint density at radius 3 is 2.48 bits per heavy atom. The Labute approximate surface area is 133 Å². The summed E-state index contributed by atoms with van der Waals surface area (Å²) in [5.41, 5.74) is 1.76. The maximum atomic E-state index is 13.0. The number of carbonyl (C=O) groups is 1. The highest BCUT2D eigenvalue weighted by molar-refractivity contribution is 5.69. The van der Waals surface area contributed by atoms with Gasteiger partial charge in [0.25, 0.3) is 0 Å². The van der Waals surface area contributed by atoms with E-state index in [0.29, 0.717) is 26.2 Å². The summed E-state index contributed by atoms with van der Waals surface area (Å²) in [5.74, 6) is -0.330. The molecule has 120 valence electrons. The van der Waals surface area contributed by atoms with Crippen LogP contribution in [0.15, 0.2) is 36.5 Å². The van der Waals surface area contributed by atoms with Gasteiger partial charge in [-0.3, -0.25) is 9.69 Å². The van der Waals surface area contributed by atoms with Crippen LogP contribution < -0.4 is 4.90 Å². The number of hydrogen-bond donors (Lipinski definition) is 1. The molecule has 0 aliphatic carbocycles. The van der Waals surface area contributed by atoms with Gasteiger partial charge in [-0.05, 0) is 23.8 Å². The quantitative estimate of drug-likeness (QED) is 0.921. The smallest absolute Gasteiger partial charge is 0.317 e. The first-order valence-corrected chi connectivity index (χ1v) is 7.39. The number of aromatic nitrogens is 2. The van der Waals surface area contributed by atoms with Crippen LogP contribution in [0.5, 0.6) is 0 Å². The predicted molar refractivity (Wildman–Crippen MR) is 83.7 cm³/mol. The minimum Gasteiger partial charge on any atom is -0.480 e. The molecule has 0 atom stereocenters. The largest absolute Gasteiger partial charge is 0.480 e. The second-order valence-corrected chi connectivity index (χ2v) is 5.47. The van der Waals surface area contributed by atoms with Crippen LogP contribution in [0.3, 0.4) is 0 Å². The molecular formula is C16H17FN4O2. The van der Waals surface area contributed by atoms with Gasteiger partial charge in [0.2, 0.25) is 0 Å². The Balaban J connectivity index is 1.71. The topological polar surface area (TPSA) is 69.6 Å². The molecule has 1 aliphatic rings.